The first-order valence-electron chi connectivity index (χ1n) is 7.27. The normalized spacial score (nSPS) is 10.8. The molecule has 2 heteroatoms. The third kappa shape index (κ3) is 2.63. The van der Waals surface area contributed by atoms with Crippen molar-refractivity contribution in [1.82, 2.24) is 0 Å². The van der Waals surface area contributed by atoms with Gasteiger partial charge in [0.25, 0.3) is 0 Å². The van der Waals surface area contributed by atoms with Crippen molar-refractivity contribution in [3.8, 4) is 17.2 Å². The van der Waals surface area contributed by atoms with Gasteiger partial charge in [0, 0.05) is 5.56 Å². The monoisotopic (exact) mass is 283 g/mol. The fraction of sp³-hybridized carbons (Fsp3) is 0.368. The molecule has 0 bridgehead atoms. The lowest BCUT2D eigenvalue weighted by atomic mass is 9.97. The van der Waals surface area contributed by atoms with Crippen molar-refractivity contribution in [2.45, 2.75) is 48.5 Å². The first-order chi connectivity index (χ1) is 9.73. The van der Waals surface area contributed by atoms with E-state index in [2.05, 4.69) is 20.8 Å². The number of hydrogen-bond donors (Lipinski definition) is 0. The van der Waals surface area contributed by atoms with Crippen LogP contribution in [0.4, 0.5) is 0 Å². The first kappa shape index (κ1) is 15.4. The van der Waals surface area contributed by atoms with E-state index < -0.39 is 0 Å². The molecule has 21 heavy (non-hydrogen) atoms. The number of aryl methyl sites for hydroxylation is 2. The standard InChI is InChI=1S/C19H23O2/c1-10-8-17(9-11(2)12(10)3)21-19-16(7)14(5)13(4)15(6)18(19)20/h8-9H,1-7H3. The van der Waals surface area contributed by atoms with Gasteiger partial charge in [-0.05, 0) is 94.0 Å². The molecular formula is C19H23O2. The summed E-state index contributed by atoms with van der Waals surface area (Å²) in [6, 6.07) is 3.98. The molecule has 1 radical (unpaired) electrons. The molecule has 0 spiro atoms. The van der Waals surface area contributed by atoms with Crippen LogP contribution in [0.1, 0.15) is 38.9 Å². The average molecular weight is 283 g/mol. The van der Waals surface area contributed by atoms with Crippen molar-refractivity contribution < 1.29 is 9.84 Å². The highest BCUT2D eigenvalue weighted by Crippen LogP contribution is 2.41. The van der Waals surface area contributed by atoms with Gasteiger partial charge < -0.3 is 4.74 Å². The summed E-state index contributed by atoms with van der Waals surface area (Å²) in [7, 11) is 0. The van der Waals surface area contributed by atoms with Gasteiger partial charge in [-0.1, -0.05) is 0 Å². The molecule has 111 valence electrons. The Morgan fingerprint density at radius 2 is 1.14 bits per heavy atom. The van der Waals surface area contributed by atoms with Crippen LogP contribution in [0.25, 0.3) is 0 Å². The number of hydrogen-bond acceptors (Lipinski definition) is 1. The Morgan fingerprint density at radius 1 is 0.667 bits per heavy atom. The van der Waals surface area contributed by atoms with Crippen LogP contribution in [0.15, 0.2) is 12.1 Å². The van der Waals surface area contributed by atoms with Crippen LogP contribution in [0.2, 0.25) is 0 Å². The molecule has 0 heterocycles. The molecule has 0 amide bonds. The van der Waals surface area contributed by atoms with Crippen molar-refractivity contribution in [3.05, 3.63) is 51.1 Å². The molecule has 0 unspecified atom stereocenters. The number of rotatable bonds is 2. The minimum Gasteiger partial charge on any atom is -0.453 e. The summed E-state index contributed by atoms with van der Waals surface area (Å²) in [5.74, 6) is 1.18. The molecule has 2 nitrogen and oxygen atoms in total. The van der Waals surface area contributed by atoms with Gasteiger partial charge in [0.05, 0.1) is 0 Å². The Morgan fingerprint density at radius 3 is 1.67 bits per heavy atom. The van der Waals surface area contributed by atoms with Gasteiger partial charge in [0.15, 0.2) is 5.75 Å². The van der Waals surface area contributed by atoms with E-state index >= 15 is 0 Å². The fourth-order valence-electron chi connectivity index (χ4n) is 2.54. The Kier molecular flexibility index (Phi) is 3.99. The van der Waals surface area contributed by atoms with Crippen molar-refractivity contribution in [2.24, 2.45) is 0 Å². The molecule has 0 N–H and O–H groups in total. The highest BCUT2D eigenvalue weighted by atomic mass is 16.5. The van der Waals surface area contributed by atoms with Gasteiger partial charge in [-0.15, -0.1) is 0 Å². The van der Waals surface area contributed by atoms with E-state index in [0.29, 0.717) is 5.75 Å². The molecule has 0 aliphatic heterocycles. The van der Waals surface area contributed by atoms with Crippen LogP contribution in [0.5, 0.6) is 17.2 Å². The predicted molar refractivity (Wildman–Crippen MR) is 86.2 cm³/mol. The zero-order valence-electron chi connectivity index (χ0n) is 14.0. The van der Waals surface area contributed by atoms with E-state index in [1.807, 2.05) is 39.8 Å². The molecule has 0 aromatic heterocycles. The molecule has 0 saturated carbocycles. The topological polar surface area (TPSA) is 29.1 Å². The van der Waals surface area contributed by atoms with E-state index in [1.54, 1.807) is 0 Å². The Labute approximate surface area is 127 Å². The second-order valence-electron chi connectivity index (χ2n) is 5.94. The quantitative estimate of drug-likeness (QED) is 0.686. The van der Waals surface area contributed by atoms with Crippen LogP contribution in [0.3, 0.4) is 0 Å². The first-order valence-corrected chi connectivity index (χ1v) is 7.27. The maximum Gasteiger partial charge on any atom is 0.224 e. The molecule has 0 aliphatic carbocycles. The zero-order valence-corrected chi connectivity index (χ0v) is 14.0. The molecule has 0 atom stereocenters. The Hall–Kier alpha value is -1.96. The molecule has 2 aromatic rings. The summed E-state index contributed by atoms with van der Waals surface area (Å²) in [5.41, 5.74) is 7.50. The minimum atomic E-state index is -0.00789. The highest BCUT2D eigenvalue weighted by Gasteiger charge is 2.18. The van der Waals surface area contributed by atoms with Gasteiger partial charge in [-0.2, -0.15) is 0 Å². The summed E-state index contributed by atoms with van der Waals surface area (Å²) in [6.07, 6.45) is 0. The van der Waals surface area contributed by atoms with Crippen molar-refractivity contribution in [3.63, 3.8) is 0 Å². The van der Waals surface area contributed by atoms with Crippen LogP contribution < -0.4 is 4.74 Å². The largest absolute Gasteiger partial charge is 0.453 e. The molecule has 0 fully saturated rings. The third-order valence-electron chi connectivity index (χ3n) is 4.70. The second kappa shape index (κ2) is 5.44. The summed E-state index contributed by atoms with van der Waals surface area (Å²) in [4.78, 5) is 0. The molecule has 0 aliphatic rings. The zero-order chi connectivity index (χ0) is 15.9. The Balaban J connectivity index is 2.55. The molecule has 0 saturated heterocycles. The molecule has 2 rings (SSSR count). The van der Waals surface area contributed by atoms with Gasteiger partial charge in [-0.3, -0.25) is 5.11 Å². The number of ether oxygens (including phenoxy) is 1. The summed E-state index contributed by atoms with van der Waals surface area (Å²) >= 11 is 0. The van der Waals surface area contributed by atoms with Crippen LogP contribution in [0, 0.1) is 48.5 Å². The van der Waals surface area contributed by atoms with Crippen molar-refractivity contribution in [1.29, 1.82) is 0 Å². The van der Waals surface area contributed by atoms with Gasteiger partial charge in [0.2, 0.25) is 5.75 Å². The van der Waals surface area contributed by atoms with E-state index in [4.69, 9.17) is 4.74 Å². The highest BCUT2D eigenvalue weighted by molar-refractivity contribution is 5.59. The average Bonchev–Trinajstić information content (AvgIpc) is 2.45. The number of benzene rings is 2. The van der Waals surface area contributed by atoms with Gasteiger partial charge >= 0.3 is 0 Å². The maximum atomic E-state index is 12.5. The van der Waals surface area contributed by atoms with Crippen LogP contribution >= 0.6 is 0 Å². The van der Waals surface area contributed by atoms with Gasteiger partial charge in [-0.25, -0.2) is 0 Å². The fourth-order valence-corrected chi connectivity index (χ4v) is 2.54. The third-order valence-corrected chi connectivity index (χ3v) is 4.70. The molecule has 2 aromatic carbocycles. The van der Waals surface area contributed by atoms with Crippen molar-refractivity contribution >= 4 is 0 Å². The SMILES string of the molecule is Cc1cc(Oc2c(C)c(C)c(C)c(C)c2[O])cc(C)c1C. The minimum absolute atomic E-state index is 0.00789. The van der Waals surface area contributed by atoms with Gasteiger partial charge in [0.1, 0.15) is 5.75 Å². The van der Waals surface area contributed by atoms with Crippen LogP contribution in [-0.4, -0.2) is 0 Å². The smallest absolute Gasteiger partial charge is 0.224 e. The van der Waals surface area contributed by atoms with E-state index in [9.17, 15) is 5.11 Å². The summed E-state index contributed by atoms with van der Waals surface area (Å²) in [6.45, 7) is 14.1. The summed E-state index contributed by atoms with van der Waals surface area (Å²) < 4.78 is 5.96. The lowest BCUT2D eigenvalue weighted by molar-refractivity contribution is 0.324. The van der Waals surface area contributed by atoms with E-state index in [0.717, 1.165) is 28.0 Å². The predicted octanol–water partition coefficient (Wildman–Crippen LogP) is 5.78. The maximum absolute atomic E-state index is 12.5. The summed E-state index contributed by atoms with van der Waals surface area (Å²) in [5, 5.41) is 12.5. The lowest BCUT2D eigenvalue weighted by Gasteiger charge is -2.17. The lowest BCUT2D eigenvalue weighted by Crippen LogP contribution is -1.97. The van der Waals surface area contributed by atoms with E-state index in [-0.39, 0.29) is 5.75 Å². The Bertz CT molecular complexity index is 660. The van der Waals surface area contributed by atoms with Crippen molar-refractivity contribution in [2.75, 3.05) is 0 Å². The second-order valence-corrected chi connectivity index (χ2v) is 5.94. The van der Waals surface area contributed by atoms with E-state index in [1.165, 1.54) is 16.7 Å². The van der Waals surface area contributed by atoms with Crippen LogP contribution in [-0.2, 0) is 5.11 Å². The molecular weight excluding hydrogens is 260 g/mol.